The second kappa shape index (κ2) is 7.18. The molecule has 0 fully saturated rings. The highest BCUT2D eigenvalue weighted by Gasteiger charge is 2.10. The highest BCUT2D eigenvalue weighted by molar-refractivity contribution is 5.69. The molecular formula is C16H12F2N2O2. The first kappa shape index (κ1) is 15.4. The molecular weight excluding hydrogens is 290 g/mol. The lowest BCUT2D eigenvalue weighted by molar-refractivity contribution is -0.0512. The summed E-state index contributed by atoms with van der Waals surface area (Å²) in [6, 6.07) is 10.0. The average Bonchev–Trinajstić information content (AvgIpc) is 2.53. The summed E-state index contributed by atoms with van der Waals surface area (Å²) in [5.74, 6) is 0.196. The lowest BCUT2D eigenvalue weighted by Crippen LogP contribution is -2.03. The Morgan fingerprint density at radius 3 is 2.59 bits per heavy atom. The molecule has 0 aliphatic carbocycles. The van der Waals surface area contributed by atoms with Gasteiger partial charge in [0.05, 0.1) is 18.4 Å². The molecule has 22 heavy (non-hydrogen) atoms. The first-order chi connectivity index (χ1) is 10.6. The number of benzene rings is 1. The van der Waals surface area contributed by atoms with Crippen LogP contribution >= 0.6 is 0 Å². The summed E-state index contributed by atoms with van der Waals surface area (Å²) in [6.45, 7) is -2.92. The summed E-state index contributed by atoms with van der Waals surface area (Å²) in [7, 11) is 1.38. The van der Waals surface area contributed by atoms with Crippen molar-refractivity contribution in [2.75, 3.05) is 7.11 Å². The molecule has 0 unspecified atom stereocenters. The third kappa shape index (κ3) is 4.03. The molecule has 0 amide bonds. The van der Waals surface area contributed by atoms with Gasteiger partial charge in [0.25, 0.3) is 0 Å². The molecule has 6 heteroatoms. The number of methoxy groups -OCH3 is 1. The number of nitrogens with zero attached hydrogens (tertiary/aromatic N) is 2. The molecule has 0 bridgehead atoms. The van der Waals surface area contributed by atoms with Crippen LogP contribution in [0.3, 0.4) is 0 Å². The molecule has 0 radical (unpaired) electrons. The van der Waals surface area contributed by atoms with Crippen LogP contribution < -0.4 is 9.47 Å². The second-order valence-electron chi connectivity index (χ2n) is 4.21. The summed E-state index contributed by atoms with van der Waals surface area (Å²) in [4.78, 5) is 4.08. The molecule has 0 N–H and O–H groups in total. The third-order valence-electron chi connectivity index (χ3n) is 2.77. The highest BCUT2D eigenvalue weighted by Crippen LogP contribution is 2.30. The minimum atomic E-state index is -2.92. The highest BCUT2D eigenvalue weighted by atomic mass is 19.3. The molecule has 1 aromatic carbocycles. The van der Waals surface area contributed by atoms with Gasteiger partial charge in [-0.3, -0.25) is 4.98 Å². The molecule has 0 saturated carbocycles. The van der Waals surface area contributed by atoms with Crippen LogP contribution in [0.4, 0.5) is 8.78 Å². The zero-order valence-electron chi connectivity index (χ0n) is 11.7. The number of hydrogen-bond acceptors (Lipinski definition) is 4. The van der Waals surface area contributed by atoms with E-state index >= 15 is 0 Å². The predicted octanol–water partition coefficient (Wildman–Crippen LogP) is 3.73. The van der Waals surface area contributed by atoms with Gasteiger partial charge in [-0.15, -0.1) is 0 Å². The van der Waals surface area contributed by atoms with Crippen LogP contribution in [-0.4, -0.2) is 18.7 Å². The van der Waals surface area contributed by atoms with Crippen molar-refractivity contribution in [2.45, 2.75) is 6.61 Å². The van der Waals surface area contributed by atoms with Gasteiger partial charge in [-0.2, -0.15) is 14.0 Å². The van der Waals surface area contributed by atoms with E-state index in [0.717, 1.165) is 0 Å². The third-order valence-corrected chi connectivity index (χ3v) is 2.77. The van der Waals surface area contributed by atoms with E-state index in [2.05, 4.69) is 9.72 Å². The Hall–Kier alpha value is -2.94. The number of aromatic nitrogens is 1. The second-order valence-corrected chi connectivity index (χ2v) is 4.21. The lowest BCUT2D eigenvalue weighted by Gasteiger charge is -2.10. The average molecular weight is 302 g/mol. The predicted molar refractivity (Wildman–Crippen MR) is 77.5 cm³/mol. The Morgan fingerprint density at radius 2 is 2.00 bits per heavy atom. The van der Waals surface area contributed by atoms with E-state index < -0.39 is 6.61 Å². The first-order valence-corrected chi connectivity index (χ1v) is 6.29. The fourth-order valence-corrected chi connectivity index (χ4v) is 1.74. The van der Waals surface area contributed by atoms with Gasteiger partial charge >= 0.3 is 6.61 Å². The molecule has 0 aliphatic rings. The van der Waals surface area contributed by atoms with Crippen LogP contribution in [0.2, 0.25) is 0 Å². The van der Waals surface area contributed by atoms with Gasteiger partial charge in [-0.05, 0) is 35.9 Å². The van der Waals surface area contributed by atoms with E-state index in [1.165, 1.54) is 19.4 Å². The van der Waals surface area contributed by atoms with Crippen molar-refractivity contribution in [3.63, 3.8) is 0 Å². The lowest BCUT2D eigenvalue weighted by atomic mass is 10.1. The van der Waals surface area contributed by atoms with Crippen molar-refractivity contribution in [3.8, 4) is 17.6 Å². The fraction of sp³-hybridized carbons (Fsp3) is 0.125. The van der Waals surface area contributed by atoms with Crippen molar-refractivity contribution >= 4 is 12.2 Å². The number of hydrogen-bond donors (Lipinski definition) is 0. The van der Waals surface area contributed by atoms with Gasteiger partial charge < -0.3 is 9.47 Å². The Balaban J connectivity index is 2.21. The molecule has 112 valence electrons. The van der Waals surface area contributed by atoms with Gasteiger partial charge in [0.1, 0.15) is 6.07 Å². The molecule has 0 spiro atoms. The first-order valence-electron chi connectivity index (χ1n) is 6.29. The summed E-state index contributed by atoms with van der Waals surface area (Å²) in [6.07, 6.45) is 4.86. The molecule has 0 atom stereocenters. The molecule has 4 nitrogen and oxygen atoms in total. The standard InChI is InChI=1S/C16H12F2N2O2/c1-21-14-7-4-11(8-15(14)22-16(17)18)2-5-13-6-3-12(9-19)10-20-13/h2-8,10,16H,1H3. The minimum absolute atomic E-state index is 0.0348. The van der Waals surface area contributed by atoms with Crippen molar-refractivity contribution < 1.29 is 18.3 Å². The number of alkyl halides is 2. The molecule has 2 rings (SSSR count). The quantitative estimate of drug-likeness (QED) is 0.844. The molecule has 2 aromatic rings. The zero-order valence-corrected chi connectivity index (χ0v) is 11.7. The van der Waals surface area contributed by atoms with Crippen molar-refractivity contribution in [2.24, 2.45) is 0 Å². The SMILES string of the molecule is COc1ccc(C=Cc2ccc(C#N)cn2)cc1OC(F)F. The molecule has 0 aliphatic heterocycles. The van der Waals surface area contributed by atoms with E-state index in [-0.39, 0.29) is 11.5 Å². The van der Waals surface area contributed by atoms with Gasteiger partial charge in [0.2, 0.25) is 0 Å². The Kier molecular flexibility index (Phi) is 5.04. The van der Waals surface area contributed by atoms with Crippen molar-refractivity contribution in [1.82, 2.24) is 4.98 Å². The maximum Gasteiger partial charge on any atom is 0.387 e. The number of pyridine rings is 1. The van der Waals surface area contributed by atoms with E-state index in [9.17, 15) is 8.78 Å². The summed E-state index contributed by atoms with van der Waals surface area (Å²) in [5, 5.41) is 8.69. The summed E-state index contributed by atoms with van der Waals surface area (Å²) >= 11 is 0. The number of rotatable bonds is 5. The van der Waals surface area contributed by atoms with Crippen LogP contribution in [0.1, 0.15) is 16.8 Å². The van der Waals surface area contributed by atoms with Gasteiger partial charge in [0, 0.05) is 6.20 Å². The summed E-state index contributed by atoms with van der Waals surface area (Å²) < 4.78 is 34.1. The fourth-order valence-electron chi connectivity index (χ4n) is 1.74. The Morgan fingerprint density at radius 1 is 1.18 bits per heavy atom. The largest absolute Gasteiger partial charge is 0.493 e. The smallest absolute Gasteiger partial charge is 0.387 e. The van der Waals surface area contributed by atoms with Crippen LogP contribution in [0.15, 0.2) is 36.5 Å². The molecule has 1 aromatic heterocycles. The maximum atomic E-state index is 12.4. The van der Waals surface area contributed by atoms with E-state index in [1.807, 2.05) is 6.07 Å². The monoisotopic (exact) mass is 302 g/mol. The summed E-state index contributed by atoms with van der Waals surface area (Å²) in [5.41, 5.74) is 1.77. The van der Waals surface area contributed by atoms with Crippen LogP contribution in [0.25, 0.3) is 12.2 Å². The maximum absolute atomic E-state index is 12.4. The van der Waals surface area contributed by atoms with Gasteiger partial charge in [-0.1, -0.05) is 12.1 Å². The minimum Gasteiger partial charge on any atom is -0.493 e. The van der Waals surface area contributed by atoms with Crippen LogP contribution in [0, 0.1) is 11.3 Å². The number of nitriles is 1. The zero-order chi connectivity index (χ0) is 15.9. The molecule has 1 heterocycles. The normalized spacial score (nSPS) is 10.7. The van der Waals surface area contributed by atoms with E-state index in [1.54, 1.807) is 36.4 Å². The van der Waals surface area contributed by atoms with E-state index in [4.69, 9.17) is 10.00 Å². The Bertz CT molecular complexity index is 707. The Labute approximate surface area is 126 Å². The number of ether oxygens (including phenoxy) is 2. The van der Waals surface area contributed by atoms with Crippen LogP contribution in [0.5, 0.6) is 11.5 Å². The van der Waals surface area contributed by atoms with Crippen molar-refractivity contribution in [1.29, 1.82) is 5.26 Å². The molecule has 0 saturated heterocycles. The van der Waals surface area contributed by atoms with E-state index in [0.29, 0.717) is 16.8 Å². The van der Waals surface area contributed by atoms with Crippen LogP contribution in [-0.2, 0) is 0 Å². The van der Waals surface area contributed by atoms with Crippen molar-refractivity contribution in [3.05, 3.63) is 53.3 Å². The van der Waals surface area contributed by atoms with Gasteiger partial charge in [0.15, 0.2) is 11.5 Å². The number of halogens is 2. The topological polar surface area (TPSA) is 55.1 Å². The van der Waals surface area contributed by atoms with Gasteiger partial charge in [-0.25, -0.2) is 0 Å².